The molecule has 0 spiro atoms. The molecule has 102 valence electrons. The van der Waals surface area contributed by atoms with Crippen LogP contribution in [0.4, 0.5) is 0 Å². The van der Waals surface area contributed by atoms with Gasteiger partial charge in [0.1, 0.15) is 0 Å². The Morgan fingerprint density at radius 2 is 1.70 bits per heavy atom. The van der Waals surface area contributed by atoms with E-state index < -0.39 is 5.97 Å². The van der Waals surface area contributed by atoms with Crippen LogP contribution < -0.4 is 9.47 Å². The molecule has 0 aliphatic heterocycles. The van der Waals surface area contributed by atoms with Crippen molar-refractivity contribution in [3.63, 3.8) is 0 Å². The van der Waals surface area contributed by atoms with E-state index in [1.165, 1.54) is 13.2 Å². The van der Waals surface area contributed by atoms with Crippen LogP contribution in [0.5, 0.6) is 11.5 Å². The average molecular weight is 289 g/mol. The topological polar surface area (TPSA) is 35.5 Å². The number of methoxy groups -OCH3 is 1. The lowest BCUT2D eigenvalue weighted by atomic mass is 10.2. The van der Waals surface area contributed by atoms with E-state index in [1.54, 1.807) is 42.5 Å². The maximum Gasteiger partial charge on any atom is 0.336 e. The molecular weight excluding hydrogens is 276 g/mol. The minimum Gasteiger partial charge on any atom is -0.493 e. The van der Waals surface area contributed by atoms with E-state index >= 15 is 0 Å². The number of benzene rings is 2. The van der Waals surface area contributed by atoms with Crippen LogP contribution in [0.1, 0.15) is 5.56 Å². The SMILES string of the molecule is COc1ccccc1OC(=O)/C=C/c1ccc(Cl)cc1. The second-order valence-corrected chi connectivity index (χ2v) is 4.39. The first-order chi connectivity index (χ1) is 9.69. The lowest BCUT2D eigenvalue weighted by Gasteiger charge is -2.06. The van der Waals surface area contributed by atoms with Crippen molar-refractivity contribution in [3.8, 4) is 11.5 Å². The van der Waals surface area contributed by atoms with E-state index in [0.717, 1.165) is 5.56 Å². The van der Waals surface area contributed by atoms with Crippen molar-refractivity contribution in [3.05, 3.63) is 65.2 Å². The minimum atomic E-state index is -0.468. The predicted molar refractivity (Wildman–Crippen MR) is 79.1 cm³/mol. The highest BCUT2D eigenvalue weighted by molar-refractivity contribution is 6.30. The van der Waals surface area contributed by atoms with Gasteiger partial charge in [0, 0.05) is 11.1 Å². The molecular formula is C16H13ClO3. The number of carbonyl (C=O) groups is 1. The van der Waals surface area contributed by atoms with Gasteiger partial charge in [0.05, 0.1) is 7.11 Å². The highest BCUT2D eigenvalue weighted by Crippen LogP contribution is 2.25. The van der Waals surface area contributed by atoms with E-state index in [0.29, 0.717) is 16.5 Å². The van der Waals surface area contributed by atoms with Crippen molar-refractivity contribution in [2.75, 3.05) is 7.11 Å². The Balaban J connectivity index is 2.03. The number of para-hydroxylation sites is 2. The van der Waals surface area contributed by atoms with Gasteiger partial charge < -0.3 is 9.47 Å². The third kappa shape index (κ3) is 3.87. The zero-order valence-electron chi connectivity index (χ0n) is 10.9. The molecule has 20 heavy (non-hydrogen) atoms. The van der Waals surface area contributed by atoms with E-state index in [4.69, 9.17) is 21.1 Å². The van der Waals surface area contributed by atoms with Crippen molar-refractivity contribution in [1.29, 1.82) is 0 Å². The van der Waals surface area contributed by atoms with Gasteiger partial charge in [0.2, 0.25) is 0 Å². The summed E-state index contributed by atoms with van der Waals surface area (Å²) in [7, 11) is 1.52. The van der Waals surface area contributed by atoms with Crippen LogP contribution >= 0.6 is 11.6 Å². The number of carbonyl (C=O) groups excluding carboxylic acids is 1. The zero-order chi connectivity index (χ0) is 14.4. The first-order valence-corrected chi connectivity index (χ1v) is 6.35. The molecule has 0 aliphatic rings. The van der Waals surface area contributed by atoms with Gasteiger partial charge in [-0.3, -0.25) is 0 Å². The van der Waals surface area contributed by atoms with Crippen molar-refractivity contribution in [2.45, 2.75) is 0 Å². The molecule has 0 N–H and O–H groups in total. The summed E-state index contributed by atoms with van der Waals surface area (Å²) in [6.45, 7) is 0. The molecule has 0 fully saturated rings. The summed E-state index contributed by atoms with van der Waals surface area (Å²) >= 11 is 5.79. The van der Waals surface area contributed by atoms with Crippen LogP contribution in [0.3, 0.4) is 0 Å². The summed E-state index contributed by atoms with van der Waals surface area (Å²) in [6, 6.07) is 14.1. The summed E-state index contributed by atoms with van der Waals surface area (Å²) in [5.41, 5.74) is 0.867. The summed E-state index contributed by atoms with van der Waals surface area (Å²) in [6.07, 6.45) is 3.02. The molecule has 0 atom stereocenters. The van der Waals surface area contributed by atoms with Crippen LogP contribution in [0, 0.1) is 0 Å². The van der Waals surface area contributed by atoms with Crippen LogP contribution in [0.2, 0.25) is 5.02 Å². The molecule has 0 aliphatic carbocycles. The number of rotatable bonds is 4. The van der Waals surface area contributed by atoms with Gasteiger partial charge in [-0.25, -0.2) is 4.79 Å². The molecule has 0 bridgehead atoms. The third-order valence-electron chi connectivity index (χ3n) is 2.56. The standard InChI is InChI=1S/C16H13ClO3/c1-19-14-4-2-3-5-15(14)20-16(18)11-8-12-6-9-13(17)10-7-12/h2-11H,1H3/b11-8+. The first kappa shape index (κ1) is 14.2. The van der Waals surface area contributed by atoms with Gasteiger partial charge >= 0.3 is 5.97 Å². The van der Waals surface area contributed by atoms with Gasteiger partial charge in [-0.15, -0.1) is 0 Å². The van der Waals surface area contributed by atoms with Crippen molar-refractivity contribution in [1.82, 2.24) is 0 Å². The molecule has 0 amide bonds. The Morgan fingerprint density at radius 3 is 2.35 bits per heavy atom. The maximum atomic E-state index is 11.7. The number of hydrogen-bond acceptors (Lipinski definition) is 3. The van der Waals surface area contributed by atoms with Gasteiger partial charge in [0.15, 0.2) is 11.5 Å². The lowest BCUT2D eigenvalue weighted by molar-refractivity contribution is -0.129. The predicted octanol–water partition coefficient (Wildman–Crippen LogP) is 3.97. The Hall–Kier alpha value is -2.26. The Morgan fingerprint density at radius 1 is 1.05 bits per heavy atom. The third-order valence-corrected chi connectivity index (χ3v) is 2.81. The molecule has 2 aromatic rings. The fraction of sp³-hybridized carbons (Fsp3) is 0.0625. The molecule has 3 nitrogen and oxygen atoms in total. The van der Waals surface area contributed by atoms with Crippen LogP contribution in [0.15, 0.2) is 54.6 Å². The molecule has 0 saturated heterocycles. The number of esters is 1. The van der Waals surface area contributed by atoms with Gasteiger partial charge in [-0.1, -0.05) is 35.9 Å². The van der Waals surface area contributed by atoms with E-state index in [2.05, 4.69) is 0 Å². The van der Waals surface area contributed by atoms with Crippen molar-refractivity contribution >= 4 is 23.6 Å². The number of halogens is 1. The number of hydrogen-bond donors (Lipinski definition) is 0. The monoisotopic (exact) mass is 288 g/mol. The van der Waals surface area contributed by atoms with E-state index in [-0.39, 0.29) is 0 Å². The molecule has 4 heteroatoms. The smallest absolute Gasteiger partial charge is 0.336 e. The summed E-state index contributed by atoms with van der Waals surface area (Å²) < 4.78 is 10.3. The molecule has 0 saturated carbocycles. The fourth-order valence-electron chi connectivity index (χ4n) is 1.58. The fourth-order valence-corrected chi connectivity index (χ4v) is 1.71. The second-order valence-electron chi connectivity index (χ2n) is 3.96. The van der Waals surface area contributed by atoms with Gasteiger partial charge in [-0.05, 0) is 35.9 Å². The Bertz CT molecular complexity index is 618. The molecule has 0 aromatic heterocycles. The van der Waals surface area contributed by atoms with Crippen molar-refractivity contribution in [2.24, 2.45) is 0 Å². The molecule has 0 radical (unpaired) electrons. The Labute approximate surface area is 122 Å². The second kappa shape index (κ2) is 6.78. The minimum absolute atomic E-state index is 0.390. The first-order valence-electron chi connectivity index (χ1n) is 5.97. The summed E-state index contributed by atoms with van der Waals surface area (Å²) in [5, 5.41) is 0.652. The number of ether oxygens (including phenoxy) is 2. The zero-order valence-corrected chi connectivity index (χ0v) is 11.6. The highest BCUT2D eigenvalue weighted by atomic mass is 35.5. The van der Waals surface area contributed by atoms with E-state index in [1.807, 2.05) is 12.1 Å². The van der Waals surface area contributed by atoms with E-state index in [9.17, 15) is 4.79 Å². The molecule has 0 heterocycles. The quantitative estimate of drug-likeness (QED) is 0.485. The summed E-state index contributed by atoms with van der Waals surface area (Å²) in [5.74, 6) is 0.436. The van der Waals surface area contributed by atoms with Crippen molar-refractivity contribution < 1.29 is 14.3 Å². The normalized spacial score (nSPS) is 10.5. The highest BCUT2D eigenvalue weighted by Gasteiger charge is 2.06. The summed E-state index contributed by atoms with van der Waals surface area (Å²) in [4.78, 5) is 11.7. The van der Waals surface area contributed by atoms with Gasteiger partial charge in [-0.2, -0.15) is 0 Å². The molecule has 0 unspecified atom stereocenters. The lowest BCUT2D eigenvalue weighted by Crippen LogP contribution is -2.04. The Kier molecular flexibility index (Phi) is 4.80. The largest absolute Gasteiger partial charge is 0.493 e. The van der Waals surface area contributed by atoms with Gasteiger partial charge in [0.25, 0.3) is 0 Å². The van der Waals surface area contributed by atoms with Crippen LogP contribution in [-0.4, -0.2) is 13.1 Å². The van der Waals surface area contributed by atoms with Crippen LogP contribution in [-0.2, 0) is 4.79 Å². The molecule has 2 rings (SSSR count). The van der Waals surface area contributed by atoms with Crippen LogP contribution in [0.25, 0.3) is 6.08 Å². The molecule has 2 aromatic carbocycles. The maximum absolute atomic E-state index is 11.7. The average Bonchev–Trinajstić information content (AvgIpc) is 2.47.